The van der Waals surface area contributed by atoms with E-state index in [-0.39, 0.29) is 11.9 Å². The molecule has 1 unspecified atom stereocenters. The minimum Gasteiger partial charge on any atom is -0.497 e. The molecule has 5 nitrogen and oxygen atoms in total. The van der Waals surface area contributed by atoms with Crippen LogP contribution in [0.5, 0.6) is 5.75 Å². The predicted octanol–water partition coefficient (Wildman–Crippen LogP) is 2.62. The summed E-state index contributed by atoms with van der Waals surface area (Å²) in [5.74, 6) is 0.776. The molecule has 1 atom stereocenters. The summed E-state index contributed by atoms with van der Waals surface area (Å²) in [6.45, 7) is 3.70. The molecule has 5 heteroatoms. The Bertz CT molecular complexity index is 680. The maximum atomic E-state index is 13.1. The number of nitrogens with zero attached hydrogens (tertiary/aromatic N) is 2. The first kappa shape index (κ1) is 17.5. The van der Waals surface area contributed by atoms with Gasteiger partial charge in [0.05, 0.1) is 7.11 Å². The Morgan fingerprint density at radius 2 is 1.64 bits per heavy atom. The lowest BCUT2D eigenvalue weighted by Crippen LogP contribution is -2.48. The Labute approximate surface area is 149 Å². The fourth-order valence-corrected chi connectivity index (χ4v) is 3.13. The Morgan fingerprint density at radius 3 is 2.24 bits per heavy atom. The summed E-state index contributed by atoms with van der Waals surface area (Å²) >= 11 is 0. The zero-order valence-electron chi connectivity index (χ0n) is 14.8. The van der Waals surface area contributed by atoms with Crippen molar-refractivity contribution in [2.45, 2.75) is 6.04 Å². The smallest absolute Gasteiger partial charge is 0.246 e. The molecule has 3 rings (SSSR count). The zero-order valence-corrected chi connectivity index (χ0v) is 14.8. The van der Waals surface area contributed by atoms with Gasteiger partial charge in [-0.1, -0.05) is 30.3 Å². The third-order valence-electron chi connectivity index (χ3n) is 4.62. The number of methoxy groups -OCH3 is 1. The molecular weight excluding hydrogens is 314 g/mol. The summed E-state index contributed by atoms with van der Waals surface area (Å²) in [5.41, 5.74) is 1.80. The molecule has 1 N–H and O–H groups in total. The highest BCUT2D eigenvalue weighted by Gasteiger charge is 2.29. The minimum absolute atomic E-state index is 0.000852. The van der Waals surface area contributed by atoms with Gasteiger partial charge in [-0.25, -0.2) is 0 Å². The third kappa shape index (κ3) is 4.38. The maximum Gasteiger partial charge on any atom is 0.246 e. The van der Waals surface area contributed by atoms with Crippen LogP contribution >= 0.6 is 0 Å². The number of likely N-dealkylation sites (N-methyl/N-ethyl adjacent to an activating group) is 1. The Hall–Kier alpha value is -2.37. The molecule has 0 spiro atoms. The molecule has 0 aliphatic carbocycles. The molecule has 1 aliphatic rings. The van der Waals surface area contributed by atoms with E-state index in [9.17, 15) is 4.79 Å². The molecule has 25 heavy (non-hydrogen) atoms. The summed E-state index contributed by atoms with van der Waals surface area (Å²) in [6.07, 6.45) is 0. The molecule has 1 amide bonds. The van der Waals surface area contributed by atoms with E-state index in [4.69, 9.17) is 4.74 Å². The number of nitrogens with one attached hydrogen (secondary N) is 1. The summed E-state index contributed by atoms with van der Waals surface area (Å²) in [6, 6.07) is 17.1. The number of carbonyl (C=O) groups is 1. The lowest BCUT2D eigenvalue weighted by Gasteiger charge is -2.37. The Kier molecular flexibility index (Phi) is 5.68. The summed E-state index contributed by atoms with van der Waals surface area (Å²) < 4.78 is 5.17. The van der Waals surface area contributed by atoms with E-state index >= 15 is 0 Å². The highest BCUT2D eigenvalue weighted by atomic mass is 16.5. The van der Waals surface area contributed by atoms with Crippen molar-refractivity contribution >= 4 is 11.6 Å². The van der Waals surface area contributed by atoms with Crippen molar-refractivity contribution in [2.24, 2.45) is 0 Å². The quantitative estimate of drug-likeness (QED) is 0.910. The van der Waals surface area contributed by atoms with Gasteiger partial charge in [0.2, 0.25) is 5.91 Å². The lowest BCUT2D eigenvalue weighted by molar-refractivity contribution is -0.122. The highest BCUT2D eigenvalue weighted by Crippen LogP contribution is 2.24. The second-order valence-electron chi connectivity index (χ2n) is 6.37. The largest absolute Gasteiger partial charge is 0.497 e. The van der Waals surface area contributed by atoms with Crippen LogP contribution in [0.15, 0.2) is 54.6 Å². The van der Waals surface area contributed by atoms with Crippen LogP contribution < -0.4 is 10.1 Å². The van der Waals surface area contributed by atoms with Crippen LogP contribution in [0.1, 0.15) is 11.6 Å². The number of rotatable bonds is 5. The van der Waals surface area contributed by atoms with Crippen molar-refractivity contribution in [3.05, 3.63) is 60.2 Å². The molecule has 1 fully saturated rings. The topological polar surface area (TPSA) is 44.8 Å². The molecular formula is C20H25N3O2. The Morgan fingerprint density at radius 1 is 1.00 bits per heavy atom. The fourth-order valence-electron chi connectivity index (χ4n) is 3.13. The number of ether oxygens (including phenoxy) is 1. The van der Waals surface area contributed by atoms with Crippen molar-refractivity contribution < 1.29 is 9.53 Å². The number of hydrogen-bond acceptors (Lipinski definition) is 4. The molecule has 1 aliphatic heterocycles. The number of amides is 1. The SMILES string of the molecule is COc1ccc(NC(=O)C(c2ccccc2)N2CCN(C)CC2)cc1. The highest BCUT2D eigenvalue weighted by molar-refractivity contribution is 5.95. The van der Waals surface area contributed by atoms with E-state index in [2.05, 4.69) is 22.2 Å². The van der Waals surface area contributed by atoms with Gasteiger partial charge in [0.25, 0.3) is 0 Å². The molecule has 132 valence electrons. The van der Waals surface area contributed by atoms with E-state index in [0.717, 1.165) is 43.2 Å². The average molecular weight is 339 g/mol. The zero-order chi connectivity index (χ0) is 17.6. The minimum atomic E-state index is -0.281. The number of anilines is 1. The standard InChI is InChI=1S/C20H25N3O2/c1-22-12-14-23(15-13-22)19(16-6-4-3-5-7-16)20(24)21-17-8-10-18(25-2)11-9-17/h3-11,19H,12-15H2,1-2H3,(H,21,24). The number of piperazine rings is 1. The molecule has 2 aromatic rings. The first-order valence-corrected chi connectivity index (χ1v) is 8.60. The van der Waals surface area contributed by atoms with Crippen molar-refractivity contribution in [1.82, 2.24) is 9.80 Å². The second kappa shape index (κ2) is 8.14. The first-order valence-electron chi connectivity index (χ1n) is 8.60. The van der Waals surface area contributed by atoms with Crippen molar-refractivity contribution in [1.29, 1.82) is 0 Å². The van der Waals surface area contributed by atoms with Crippen molar-refractivity contribution in [3.63, 3.8) is 0 Å². The number of benzene rings is 2. The number of hydrogen-bond donors (Lipinski definition) is 1. The molecule has 0 aromatic heterocycles. The summed E-state index contributed by atoms with van der Waals surface area (Å²) in [4.78, 5) is 17.6. The van der Waals surface area contributed by atoms with Crippen molar-refractivity contribution in [2.75, 3.05) is 45.7 Å². The number of carbonyl (C=O) groups excluding carboxylic acids is 1. The van der Waals surface area contributed by atoms with Gasteiger partial charge in [-0.05, 0) is 36.9 Å². The van der Waals surface area contributed by atoms with E-state index in [1.165, 1.54) is 0 Å². The van der Waals surface area contributed by atoms with E-state index in [0.29, 0.717) is 0 Å². The second-order valence-corrected chi connectivity index (χ2v) is 6.37. The van der Waals surface area contributed by atoms with Gasteiger partial charge >= 0.3 is 0 Å². The molecule has 0 radical (unpaired) electrons. The van der Waals surface area contributed by atoms with Gasteiger partial charge in [-0.15, -0.1) is 0 Å². The van der Waals surface area contributed by atoms with Crippen LogP contribution in [0.25, 0.3) is 0 Å². The maximum absolute atomic E-state index is 13.1. The molecule has 0 saturated carbocycles. The predicted molar refractivity (Wildman–Crippen MR) is 99.9 cm³/mol. The van der Waals surface area contributed by atoms with E-state index in [1.54, 1.807) is 7.11 Å². The van der Waals surface area contributed by atoms with Gasteiger partial charge in [0, 0.05) is 31.9 Å². The van der Waals surface area contributed by atoms with Gasteiger partial charge in [0.15, 0.2) is 0 Å². The van der Waals surface area contributed by atoms with Crippen LogP contribution in [-0.4, -0.2) is 56.0 Å². The van der Waals surface area contributed by atoms with Crippen LogP contribution in [0.2, 0.25) is 0 Å². The normalized spacial score (nSPS) is 17.0. The monoisotopic (exact) mass is 339 g/mol. The summed E-state index contributed by atoms with van der Waals surface area (Å²) in [5, 5.41) is 3.05. The van der Waals surface area contributed by atoms with Crippen LogP contribution in [0, 0.1) is 0 Å². The molecule has 1 saturated heterocycles. The Balaban J connectivity index is 1.79. The van der Waals surface area contributed by atoms with Crippen LogP contribution in [0.4, 0.5) is 5.69 Å². The van der Waals surface area contributed by atoms with E-state index < -0.39 is 0 Å². The van der Waals surface area contributed by atoms with Crippen LogP contribution in [0.3, 0.4) is 0 Å². The lowest BCUT2D eigenvalue weighted by atomic mass is 10.0. The van der Waals surface area contributed by atoms with Crippen molar-refractivity contribution in [3.8, 4) is 5.75 Å². The average Bonchev–Trinajstić information content (AvgIpc) is 2.65. The van der Waals surface area contributed by atoms with Gasteiger partial charge in [0.1, 0.15) is 11.8 Å². The third-order valence-corrected chi connectivity index (χ3v) is 4.62. The van der Waals surface area contributed by atoms with Gasteiger partial charge in [-0.3, -0.25) is 9.69 Å². The van der Waals surface area contributed by atoms with Gasteiger partial charge in [-0.2, -0.15) is 0 Å². The molecule has 2 aromatic carbocycles. The molecule has 0 bridgehead atoms. The van der Waals surface area contributed by atoms with E-state index in [1.807, 2.05) is 54.6 Å². The molecule has 1 heterocycles. The first-order chi connectivity index (χ1) is 12.2. The van der Waals surface area contributed by atoms with Gasteiger partial charge < -0.3 is 15.0 Å². The summed E-state index contributed by atoms with van der Waals surface area (Å²) in [7, 11) is 3.75. The van der Waals surface area contributed by atoms with Crippen LogP contribution in [-0.2, 0) is 4.79 Å². The fraction of sp³-hybridized carbons (Fsp3) is 0.350.